The molecule has 2 aliphatic rings. The molecule has 3 heteroatoms. The molecule has 1 saturated carbocycles. The van der Waals surface area contributed by atoms with Crippen LogP contribution in [0.15, 0.2) is 0 Å². The average molecular weight is 200 g/mol. The topological polar surface area (TPSA) is 49.7 Å². The second-order valence-electron chi connectivity index (χ2n) is 4.66. The molecule has 0 radical (unpaired) electrons. The summed E-state index contributed by atoms with van der Waals surface area (Å²) in [5.74, 6) is 0.944. The third-order valence-electron chi connectivity index (χ3n) is 3.80. The number of ether oxygens (including phenoxy) is 1. The van der Waals surface area contributed by atoms with E-state index >= 15 is 0 Å². The Balaban J connectivity index is 1.98. The molecular formula is C11H20O3. The first kappa shape index (κ1) is 10.4. The van der Waals surface area contributed by atoms with E-state index in [4.69, 9.17) is 4.74 Å². The van der Waals surface area contributed by atoms with Gasteiger partial charge in [-0.15, -0.1) is 0 Å². The minimum atomic E-state index is -1.15. The Hall–Kier alpha value is -0.120. The van der Waals surface area contributed by atoms with E-state index in [0.29, 0.717) is 11.8 Å². The van der Waals surface area contributed by atoms with Crippen molar-refractivity contribution in [2.45, 2.75) is 38.4 Å². The highest BCUT2D eigenvalue weighted by atomic mass is 16.5. The third-order valence-corrected chi connectivity index (χ3v) is 3.80. The summed E-state index contributed by atoms with van der Waals surface area (Å²) in [7, 11) is 0. The summed E-state index contributed by atoms with van der Waals surface area (Å²) >= 11 is 0. The highest BCUT2D eigenvalue weighted by molar-refractivity contribution is 4.83. The molecule has 2 atom stereocenters. The van der Waals surface area contributed by atoms with E-state index in [1.807, 2.05) is 0 Å². The number of hydrogen-bond donors (Lipinski definition) is 2. The minimum Gasteiger partial charge on any atom is -0.381 e. The predicted octanol–water partition coefficient (Wildman–Crippen LogP) is 1.14. The molecular weight excluding hydrogens is 180 g/mol. The number of aliphatic hydroxyl groups excluding tert-OH is 1. The Morgan fingerprint density at radius 1 is 1.00 bits per heavy atom. The number of aliphatic hydroxyl groups is 2. The van der Waals surface area contributed by atoms with Crippen LogP contribution in [0.1, 0.15) is 32.1 Å². The van der Waals surface area contributed by atoms with E-state index in [-0.39, 0.29) is 5.92 Å². The lowest BCUT2D eigenvalue weighted by Crippen LogP contribution is -2.33. The fourth-order valence-electron chi connectivity index (χ4n) is 3.07. The maximum absolute atomic E-state index is 9.43. The molecule has 2 rings (SSSR count). The van der Waals surface area contributed by atoms with Crippen LogP contribution in [0.4, 0.5) is 0 Å². The molecule has 2 fully saturated rings. The van der Waals surface area contributed by atoms with E-state index in [1.54, 1.807) is 0 Å². The zero-order chi connectivity index (χ0) is 9.97. The van der Waals surface area contributed by atoms with Crippen LogP contribution in [0.2, 0.25) is 0 Å². The summed E-state index contributed by atoms with van der Waals surface area (Å²) in [4.78, 5) is 0. The van der Waals surface area contributed by atoms with Gasteiger partial charge in [-0.25, -0.2) is 0 Å². The van der Waals surface area contributed by atoms with Crippen LogP contribution in [-0.4, -0.2) is 29.7 Å². The molecule has 1 aliphatic heterocycles. The van der Waals surface area contributed by atoms with Crippen molar-refractivity contribution < 1.29 is 14.9 Å². The van der Waals surface area contributed by atoms with Crippen LogP contribution >= 0.6 is 0 Å². The fourth-order valence-corrected chi connectivity index (χ4v) is 3.07. The zero-order valence-corrected chi connectivity index (χ0v) is 8.56. The van der Waals surface area contributed by atoms with Gasteiger partial charge in [0, 0.05) is 19.1 Å². The Morgan fingerprint density at radius 3 is 2.21 bits per heavy atom. The van der Waals surface area contributed by atoms with Gasteiger partial charge < -0.3 is 14.9 Å². The molecule has 0 aromatic heterocycles. The van der Waals surface area contributed by atoms with Gasteiger partial charge in [0.1, 0.15) is 0 Å². The van der Waals surface area contributed by atoms with Gasteiger partial charge in [-0.2, -0.15) is 0 Å². The molecule has 1 saturated heterocycles. The predicted molar refractivity (Wildman–Crippen MR) is 52.6 cm³/mol. The maximum atomic E-state index is 9.43. The highest BCUT2D eigenvalue weighted by Crippen LogP contribution is 2.39. The van der Waals surface area contributed by atoms with Crippen molar-refractivity contribution in [2.24, 2.45) is 17.8 Å². The van der Waals surface area contributed by atoms with Crippen molar-refractivity contribution in [3.8, 4) is 0 Å². The summed E-state index contributed by atoms with van der Waals surface area (Å²) in [6.07, 6.45) is 4.68. The Kier molecular flexibility index (Phi) is 3.42. The van der Waals surface area contributed by atoms with Gasteiger partial charge >= 0.3 is 0 Å². The molecule has 0 amide bonds. The van der Waals surface area contributed by atoms with E-state index in [0.717, 1.165) is 19.6 Å². The van der Waals surface area contributed by atoms with Crippen LogP contribution < -0.4 is 0 Å². The molecule has 14 heavy (non-hydrogen) atoms. The third kappa shape index (κ3) is 2.10. The standard InChI is InChI=1S/C11H20O3/c12-11(13)10(8-3-1-2-4-8)9-5-6-14-7-9/h8-13H,1-7H2. The molecule has 0 aromatic rings. The van der Waals surface area contributed by atoms with Gasteiger partial charge in [-0.3, -0.25) is 0 Å². The molecule has 0 bridgehead atoms. The van der Waals surface area contributed by atoms with Gasteiger partial charge in [-0.1, -0.05) is 12.8 Å². The van der Waals surface area contributed by atoms with Gasteiger partial charge in [0.15, 0.2) is 6.29 Å². The van der Waals surface area contributed by atoms with Crippen molar-refractivity contribution in [3.63, 3.8) is 0 Å². The van der Waals surface area contributed by atoms with Gasteiger partial charge in [0.05, 0.1) is 0 Å². The van der Waals surface area contributed by atoms with Gasteiger partial charge in [0.25, 0.3) is 0 Å². The molecule has 2 unspecified atom stereocenters. The van der Waals surface area contributed by atoms with Crippen LogP contribution in [0.3, 0.4) is 0 Å². The monoisotopic (exact) mass is 200 g/mol. The quantitative estimate of drug-likeness (QED) is 0.672. The summed E-state index contributed by atoms with van der Waals surface area (Å²) in [5, 5.41) is 18.9. The van der Waals surface area contributed by atoms with Crippen LogP contribution in [-0.2, 0) is 4.74 Å². The smallest absolute Gasteiger partial charge is 0.154 e. The molecule has 1 heterocycles. The van der Waals surface area contributed by atoms with E-state index < -0.39 is 6.29 Å². The summed E-state index contributed by atoms with van der Waals surface area (Å²) < 4.78 is 5.33. The number of hydrogen-bond acceptors (Lipinski definition) is 3. The van der Waals surface area contributed by atoms with E-state index in [2.05, 4.69) is 0 Å². The van der Waals surface area contributed by atoms with Crippen molar-refractivity contribution in [1.82, 2.24) is 0 Å². The fraction of sp³-hybridized carbons (Fsp3) is 1.00. The van der Waals surface area contributed by atoms with E-state index in [9.17, 15) is 10.2 Å². The molecule has 0 aromatic carbocycles. The molecule has 3 nitrogen and oxygen atoms in total. The SMILES string of the molecule is OC(O)C(C1CCCC1)C1CCOC1. The summed E-state index contributed by atoms with van der Waals surface area (Å²) in [6, 6.07) is 0. The molecule has 0 spiro atoms. The Labute approximate surface area is 85.1 Å². The second kappa shape index (κ2) is 4.60. The lowest BCUT2D eigenvalue weighted by atomic mass is 9.79. The Bertz CT molecular complexity index is 153. The largest absolute Gasteiger partial charge is 0.381 e. The average Bonchev–Trinajstić information content (AvgIpc) is 2.75. The van der Waals surface area contributed by atoms with Gasteiger partial charge in [0.2, 0.25) is 0 Å². The minimum absolute atomic E-state index is 0.0556. The van der Waals surface area contributed by atoms with Crippen molar-refractivity contribution in [2.75, 3.05) is 13.2 Å². The van der Waals surface area contributed by atoms with Crippen LogP contribution in [0.5, 0.6) is 0 Å². The van der Waals surface area contributed by atoms with Crippen LogP contribution in [0, 0.1) is 17.8 Å². The molecule has 1 aliphatic carbocycles. The second-order valence-corrected chi connectivity index (χ2v) is 4.66. The Morgan fingerprint density at radius 2 is 1.71 bits per heavy atom. The van der Waals surface area contributed by atoms with Crippen LogP contribution in [0.25, 0.3) is 0 Å². The maximum Gasteiger partial charge on any atom is 0.154 e. The first-order chi connectivity index (χ1) is 6.79. The first-order valence-corrected chi connectivity index (χ1v) is 5.73. The summed E-state index contributed by atoms with van der Waals surface area (Å²) in [6.45, 7) is 1.51. The lowest BCUT2D eigenvalue weighted by Gasteiger charge is -2.29. The highest BCUT2D eigenvalue weighted by Gasteiger charge is 2.37. The normalized spacial score (nSPS) is 31.5. The van der Waals surface area contributed by atoms with Crippen molar-refractivity contribution in [1.29, 1.82) is 0 Å². The van der Waals surface area contributed by atoms with E-state index in [1.165, 1.54) is 25.7 Å². The van der Waals surface area contributed by atoms with Gasteiger partial charge in [-0.05, 0) is 31.1 Å². The molecule has 82 valence electrons. The summed E-state index contributed by atoms with van der Waals surface area (Å²) in [5.41, 5.74) is 0. The van der Waals surface area contributed by atoms with Crippen molar-refractivity contribution in [3.05, 3.63) is 0 Å². The van der Waals surface area contributed by atoms with Crippen molar-refractivity contribution >= 4 is 0 Å². The first-order valence-electron chi connectivity index (χ1n) is 5.73. The lowest BCUT2D eigenvalue weighted by molar-refractivity contribution is -0.118. The number of rotatable bonds is 3. The molecule has 2 N–H and O–H groups in total. The zero-order valence-electron chi connectivity index (χ0n) is 8.56.